The second-order valence-electron chi connectivity index (χ2n) is 11.2. The van der Waals surface area contributed by atoms with E-state index in [2.05, 4.69) is 37.2 Å². The van der Waals surface area contributed by atoms with Gasteiger partial charge in [0, 0.05) is 55.4 Å². The van der Waals surface area contributed by atoms with Crippen molar-refractivity contribution in [2.75, 3.05) is 18.0 Å². The number of nitrogens with zero attached hydrogens (tertiary/aromatic N) is 5. The van der Waals surface area contributed by atoms with Crippen LogP contribution in [-0.4, -0.2) is 50.7 Å². The van der Waals surface area contributed by atoms with Crippen molar-refractivity contribution in [1.82, 2.24) is 25.4 Å². The Morgan fingerprint density at radius 2 is 1.91 bits per heavy atom. The molecule has 1 saturated heterocycles. The van der Waals surface area contributed by atoms with Crippen LogP contribution in [0.2, 0.25) is 0 Å². The van der Waals surface area contributed by atoms with Crippen molar-refractivity contribution in [3.05, 3.63) is 65.6 Å². The topological polar surface area (TPSA) is 123 Å². The number of hydrogen-bond donors (Lipinski definition) is 1. The van der Waals surface area contributed by atoms with E-state index in [1.54, 1.807) is 6.07 Å². The van der Waals surface area contributed by atoms with Crippen molar-refractivity contribution in [1.29, 1.82) is 0 Å². The van der Waals surface area contributed by atoms with E-state index >= 15 is 4.39 Å². The Hall–Kier alpha value is -4.48. The van der Waals surface area contributed by atoms with E-state index in [0.29, 0.717) is 46.8 Å². The number of aromatic nitrogens is 4. The van der Waals surface area contributed by atoms with Crippen molar-refractivity contribution in [2.45, 2.75) is 71.4 Å². The fourth-order valence-electron chi connectivity index (χ4n) is 5.34. The van der Waals surface area contributed by atoms with E-state index in [1.807, 2.05) is 0 Å². The van der Waals surface area contributed by atoms with Crippen LogP contribution in [0.4, 0.5) is 14.6 Å². The molecular formula is C31H34F2N6O4. The smallest absolute Gasteiger partial charge is 0.303 e. The molecule has 1 N–H and O–H groups in total. The number of carbonyl (C=O) groups is 2. The van der Waals surface area contributed by atoms with Crippen molar-refractivity contribution < 1.29 is 27.6 Å². The highest BCUT2D eigenvalue weighted by Crippen LogP contribution is 2.36. The predicted molar refractivity (Wildman–Crippen MR) is 155 cm³/mol. The number of hydrogen-bond acceptors (Lipinski definition) is 9. The summed E-state index contributed by atoms with van der Waals surface area (Å²) in [5, 5.41) is 7.29. The van der Waals surface area contributed by atoms with Gasteiger partial charge in [-0.25, -0.2) is 18.7 Å². The third-order valence-corrected chi connectivity index (χ3v) is 7.54. The molecular weight excluding hydrogens is 558 g/mol. The maximum Gasteiger partial charge on any atom is 0.303 e. The first-order chi connectivity index (χ1) is 20.6. The molecule has 0 atom stereocenters. The van der Waals surface area contributed by atoms with E-state index in [-0.39, 0.29) is 18.0 Å². The Morgan fingerprint density at radius 3 is 2.60 bits per heavy atom. The van der Waals surface area contributed by atoms with Gasteiger partial charge in [0.2, 0.25) is 5.89 Å². The largest absolute Gasteiger partial charge is 0.450 e. The van der Waals surface area contributed by atoms with Gasteiger partial charge in [-0.05, 0) is 56.9 Å². The lowest BCUT2D eigenvalue weighted by Crippen LogP contribution is -2.45. The number of nitrogens with one attached hydrogen (secondary N) is 1. The van der Waals surface area contributed by atoms with Crippen molar-refractivity contribution >= 4 is 28.6 Å². The second-order valence-corrected chi connectivity index (χ2v) is 11.2. The van der Waals surface area contributed by atoms with Crippen LogP contribution in [0, 0.1) is 11.6 Å². The number of aryl methyl sites for hydroxylation is 1. The molecule has 1 aliphatic rings. The number of fused-ring (bicyclic) bond motifs is 1. The van der Waals surface area contributed by atoms with Gasteiger partial charge in [-0.3, -0.25) is 9.59 Å². The molecule has 10 nitrogen and oxygen atoms in total. The van der Waals surface area contributed by atoms with E-state index in [4.69, 9.17) is 9.26 Å². The molecule has 4 aromatic rings. The summed E-state index contributed by atoms with van der Waals surface area (Å²) in [5.74, 6) is -0.0738. The van der Waals surface area contributed by atoms with Crippen LogP contribution in [0.25, 0.3) is 22.0 Å². The monoisotopic (exact) mass is 592 g/mol. The average Bonchev–Trinajstić information content (AvgIpc) is 3.44. The molecule has 0 aliphatic carbocycles. The lowest BCUT2D eigenvalue weighted by Gasteiger charge is -2.32. The van der Waals surface area contributed by atoms with Gasteiger partial charge in [-0.2, -0.15) is 4.98 Å². The SMILES string of the molecule is CCCc1nc(C2CCN(c3ncnc4c(-c5ccc(CNC(=O)C(C)(C)OC(C)=O)c(F)c5)cc(F)cc34)CC2)no1. The Bertz CT molecular complexity index is 1650. The number of ether oxygens (including phenoxy) is 1. The molecule has 3 heterocycles. The Labute approximate surface area is 247 Å². The first-order valence-electron chi connectivity index (χ1n) is 14.3. The highest BCUT2D eigenvalue weighted by atomic mass is 19.1. The van der Waals surface area contributed by atoms with Crippen LogP contribution in [0.15, 0.2) is 41.2 Å². The summed E-state index contributed by atoms with van der Waals surface area (Å²) in [7, 11) is 0. The van der Waals surface area contributed by atoms with Gasteiger partial charge in [-0.1, -0.05) is 24.2 Å². The van der Waals surface area contributed by atoms with Crippen LogP contribution in [-0.2, 0) is 27.3 Å². The molecule has 43 heavy (non-hydrogen) atoms. The fourth-order valence-corrected chi connectivity index (χ4v) is 5.34. The molecule has 0 radical (unpaired) electrons. The minimum atomic E-state index is -1.40. The third-order valence-electron chi connectivity index (χ3n) is 7.54. The highest BCUT2D eigenvalue weighted by Gasteiger charge is 2.31. The molecule has 0 saturated carbocycles. The van der Waals surface area contributed by atoms with E-state index < -0.39 is 29.1 Å². The van der Waals surface area contributed by atoms with Gasteiger partial charge in [-0.15, -0.1) is 0 Å². The summed E-state index contributed by atoms with van der Waals surface area (Å²) in [6, 6.07) is 7.20. The standard InChI is InChI=1S/C31H34F2N6O4/c1-5-6-26-37-28(38-43-26)19-9-11-39(12-10-19)29-24-15-22(32)14-23(27(24)35-17-36-29)20-7-8-21(25(33)13-20)16-34-30(41)31(3,4)42-18(2)40/h7-8,13-15,17,19H,5-6,9-12,16H2,1-4H3,(H,34,41). The van der Waals surface area contributed by atoms with Crippen molar-refractivity contribution in [3.8, 4) is 11.1 Å². The van der Waals surface area contributed by atoms with Gasteiger partial charge in [0.1, 0.15) is 23.8 Å². The zero-order valence-corrected chi connectivity index (χ0v) is 24.6. The molecule has 12 heteroatoms. The predicted octanol–water partition coefficient (Wildman–Crippen LogP) is 5.25. The van der Waals surface area contributed by atoms with E-state index in [9.17, 15) is 14.0 Å². The molecule has 2 aromatic heterocycles. The summed E-state index contributed by atoms with van der Waals surface area (Å²) in [6.07, 6.45) is 4.71. The molecule has 5 rings (SSSR count). The highest BCUT2D eigenvalue weighted by molar-refractivity contribution is 5.99. The normalized spacial score (nSPS) is 14.2. The van der Waals surface area contributed by atoms with Gasteiger partial charge in [0.05, 0.1) is 5.52 Å². The lowest BCUT2D eigenvalue weighted by molar-refractivity contribution is -0.163. The van der Waals surface area contributed by atoms with Crippen LogP contribution >= 0.6 is 0 Å². The third kappa shape index (κ3) is 6.63. The molecule has 0 unspecified atom stereocenters. The first kappa shape index (κ1) is 30.0. The summed E-state index contributed by atoms with van der Waals surface area (Å²) in [5.41, 5.74) is 0.174. The van der Waals surface area contributed by atoms with Crippen molar-refractivity contribution in [2.24, 2.45) is 0 Å². The lowest BCUT2D eigenvalue weighted by atomic mass is 9.95. The second kappa shape index (κ2) is 12.4. The number of amides is 1. The fraction of sp³-hybridized carbons (Fsp3) is 0.419. The number of carbonyl (C=O) groups excluding carboxylic acids is 2. The Kier molecular flexibility index (Phi) is 8.65. The number of rotatable bonds is 9. The molecule has 0 bridgehead atoms. The molecule has 1 fully saturated rings. The zero-order chi connectivity index (χ0) is 30.7. The Morgan fingerprint density at radius 1 is 1.14 bits per heavy atom. The van der Waals surface area contributed by atoms with Gasteiger partial charge >= 0.3 is 5.97 Å². The molecule has 2 aromatic carbocycles. The van der Waals surface area contributed by atoms with Crippen LogP contribution in [0.3, 0.4) is 0 Å². The molecule has 226 valence electrons. The number of benzene rings is 2. The van der Waals surface area contributed by atoms with Gasteiger partial charge in [0.15, 0.2) is 11.4 Å². The Balaban J connectivity index is 1.35. The van der Waals surface area contributed by atoms with E-state index in [1.165, 1.54) is 51.4 Å². The number of anilines is 1. The quantitative estimate of drug-likeness (QED) is 0.260. The number of piperidine rings is 1. The summed E-state index contributed by atoms with van der Waals surface area (Å²) in [6.45, 7) is 7.40. The number of esters is 1. The average molecular weight is 593 g/mol. The molecule has 1 amide bonds. The summed E-state index contributed by atoms with van der Waals surface area (Å²) < 4.78 is 40.6. The van der Waals surface area contributed by atoms with Crippen molar-refractivity contribution in [3.63, 3.8) is 0 Å². The van der Waals surface area contributed by atoms with Gasteiger partial charge < -0.3 is 19.5 Å². The minimum Gasteiger partial charge on any atom is -0.450 e. The first-order valence-corrected chi connectivity index (χ1v) is 14.3. The van der Waals surface area contributed by atoms with Gasteiger partial charge in [0.25, 0.3) is 5.91 Å². The zero-order valence-electron chi connectivity index (χ0n) is 24.6. The molecule has 1 aliphatic heterocycles. The van der Waals surface area contributed by atoms with Crippen LogP contribution in [0.5, 0.6) is 0 Å². The van der Waals surface area contributed by atoms with Crippen LogP contribution in [0.1, 0.15) is 70.2 Å². The maximum atomic E-state index is 15.2. The minimum absolute atomic E-state index is 0.119. The number of halogens is 2. The summed E-state index contributed by atoms with van der Waals surface area (Å²) >= 11 is 0. The van der Waals surface area contributed by atoms with E-state index in [0.717, 1.165) is 31.5 Å². The summed E-state index contributed by atoms with van der Waals surface area (Å²) in [4.78, 5) is 39.3. The molecule has 0 spiro atoms. The maximum absolute atomic E-state index is 15.2. The van der Waals surface area contributed by atoms with Crippen LogP contribution < -0.4 is 10.2 Å².